The van der Waals surface area contributed by atoms with Gasteiger partial charge in [-0.15, -0.1) is 0 Å². The lowest BCUT2D eigenvalue weighted by molar-refractivity contribution is 0.114. The monoisotopic (exact) mass is 420 g/mol. The van der Waals surface area contributed by atoms with Gasteiger partial charge in [-0.05, 0) is 42.2 Å². The van der Waals surface area contributed by atoms with Crippen LogP contribution in [-0.4, -0.2) is 50.4 Å². The highest BCUT2D eigenvalue weighted by Crippen LogP contribution is 2.36. The normalized spacial score (nSPS) is 20.5. The van der Waals surface area contributed by atoms with E-state index >= 15 is 0 Å². The number of nitrogens with zero attached hydrogens (tertiary/aromatic N) is 4. The Labute approximate surface area is 181 Å². The summed E-state index contributed by atoms with van der Waals surface area (Å²) in [4.78, 5) is 20.1. The van der Waals surface area contributed by atoms with Crippen molar-refractivity contribution in [3.8, 4) is 17.1 Å². The highest BCUT2D eigenvalue weighted by molar-refractivity contribution is 5.54. The Hall–Kier alpha value is -2.90. The van der Waals surface area contributed by atoms with E-state index in [2.05, 4.69) is 28.1 Å². The molecule has 5 rings (SSSR count). The summed E-state index contributed by atoms with van der Waals surface area (Å²) in [5, 5.41) is 8.88. The molecule has 0 saturated carbocycles. The third kappa shape index (κ3) is 3.91. The van der Waals surface area contributed by atoms with Crippen LogP contribution in [-0.2, 0) is 20.1 Å². The summed E-state index contributed by atoms with van der Waals surface area (Å²) in [7, 11) is 1.92. The van der Waals surface area contributed by atoms with E-state index in [4.69, 9.17) is 9.84 Å². The van der Waals surface area contributed by atoms with Gasteiger partial charge in [-0.1, -0.05) is 12.1 Å². The van der Waals surface area contributed by atoms with Crippen LogP contribution in [0.1, 0.15) is 23.6 Å². The summed E-state index contributed by atoms with van der Waals surface area (Å²) in [6.07, 6.45) is 4.75. The van der Waals surface area contributed by atoms with Crippen molar-refractivity contribution >= 4 is 0 Å². The first kappa shape index (κ1) is 20.0. The van der Waals surface area contributed by atoms with E-state index in [1.54, 1.807) is 6.20 Å². The first-order chi connectivity index (χ1) is 15.1. The molecule has 3 aromatic rings. The van der Waals surface area contributed by atoms with Crippen LogP contribution < -0.4 is 10.3 Å². The van der Waals surface area contributed by atoms with E-state index in [0.717, 1.165) is 49.9 Å². The molecule has 2 aliphatic heterocycles. The molecule has 2 bridgehead atoms. The molecule has 0 amide bonds. The van der Waals surface area contributed by atoms with Crippen LogP contribution >= 0.6 is 0 Å². The van der Waals surface area contributed by atoms with E-state index in [-0.39, 0.29) is 12.2 Å². The lowest BCUT2D eigenvalue weighted by Gasteiger charge is -2.43. The number of hydrogen-bond donors (Lipinski definition) is 1. The topological polar surface area (TPSA) is 72.5 Å². The van der Waals surface area contributed by atoms with Crippen molar-refractivity contribution in [2.75, 3.05) is 26.3 Å². The maximum Gasteiger partial charge on any atom is 0.261 e. The molecule has 0 spiro atoms. The molecule has 2 aliphatic rings. The molecule has 7 heteroatoms. The highest BCUT2D eigenvalue weighted by atomic mass is 16.5. The van der Waals surface area contributed by atoms with Gasteiger partial charge in [0.2, 0.25) is 0 Å². The number of ether oxygens (including phenoxy) is 1. The minimum atomic E-state index is 0.0199. The van der Waals surface area contributed by atoms with Crippen LogP contribution in [0, 0.1) is 5.92 Å². The Kier molecular flexibility index (Phi) is 5.38. The maximum absolute atomic E-state index is 13.2. The zero-order valence-corrected chi connectivity index (χ0v) is 17.8. The van der Waals surface area contributed by atoms with Gasteiger partial charge in [-0.3, -0.25) is 9.69 Å². The Bertz CT molecular complexity index is 1120. The van der Waals surface area contributed by atoms with E-state index in [1.165, 1.54) is 5.56 Å². The van der Waals surface area contributed by atoms with Crippen molar-refractivity contribution < 1.29 is 9.84 Å². The van der Waals surface area contributed by atoms with Crippen molar-refractivity contribution in [2.45, 2.75) is 25.4 Å². The fourth-order valence-electron chi connectivity index (χ4n) is 5.08. The predicted molar refractivity (Wildman–Crippen MR) is 118 cm³/mol. The van der Waals surface area contributed by atoms with Gasteiger partial charge in [0.1, 0.15) is 18.2 Å². The molecule has 2 aromatic heterocycles. The molecule has 0 unspecified atom stereocenters. The van der Waals surface area contributed by atoms with Crippen molar-refractivity contribution in [1.82, 2.24) is 19.0 Å². The van der Waals surface area contributed by atoms with Gasteiger partial charge in [0, 0.05) is 57.2 Å². The Morgan fingerprint density at radius 2 is 1.97 bits per heavy atom. The van der Waals surface area contributed by atoms with Crippen LogP contribution in [0.4, 0.5) is 0 Å². The predicted octanol–water partition coefficient (Wildman–Crippen LogP) is 2.24. The van der Waals surface area contributed by atoms with E-state index in [1.807, 2.05) is 40.6 Å². The SMILES string of the molecule is Cn1ccnc1-c1ccc2n(c1=O)C[C@H]1C[C@@H]2CN(Cc2ccc(OCCO)cc2)C1. The average molecular weight is 421 g/mol. The van der Waals surface area contributed by atoms with Crippen LogP contribution in [0.3, 0.4) is 0 Å². The number of pyridine rings is 1. The van der Waals surface area contributed by atoms with Gasteiger partial charge >= 0.3 is 0 Å². The first-order valence-electron chi connectivity index (χ1n) is 10.9. The molecule has 1 fully saturated rings. The van der Waals surface area contributed by atoms with Gasteiger partial charge in [0.15, 0.2) is 0 Å². The molecule has 1 N–H and O–H groups in total. The number of likely N-dealkylation sites (tertiary alicyclic amines) is 1. The van der Waals surface area contributed by atoms with Crippen LogP contribution in [0.5, 0.6) is 5.75 Å². The number of imidazole rings is 1. The average Bonchev–Trinajstić information content (AvgIpc) is 3.19. The number of benzene rings is 1. The van der Waals surface area contributed by atoms with Crippen LogP contribution in [0.2, 0.25) is 0 Å². The minimum absolute atomic E-state index is 0.0199. The zero-order valence-electron chi connectivity index (χ0n) is 17.8. The van der Waals surface area contributed by atoms with E-state index < -0.39 is 0 Å². The third-order valence-corrected chi connectivity index (χ3v) is 6.43. The number of aliphatic hydroxyl groups excluding tert-OH is 1. The molecule has 7 nitrogen and oxygen atoms in total. The Balaban J connectivity index is 1.33. The minimum Gasteiger partial charge on any atom is -0.491 e. The number of aryl methyl sites for hydroxylation is 1. The molecule has 0 radical (unpaired) electrons. The second-order valence-corrected chi connectivity index (χ2v) is 8.66. The number of piperidine rings is 1. The fraction of sp³-hybridized carbons (Fsp3) is 0.417. The zero-order chi connectivity index (χ0) is 21.4. The van der Waals surface area contributed by atoms with Crippen molar-refractivity contribution in [3.63, 3.8) is 0 Å². The fourth-order valence-corrected chi connectivity index (χ4v) is 5.08. The van der Waals surface area contributed by atoms with E-state index in [9.17, 15) is 4.79 Å². The lowest BCUT2D eigenvalue weighted by atomic mass is 9.82. The molecule has 162 valence electrons. The van der Waals surface area contributed by atoms with Crippen molar-refractivity contribution in [3.05, 3.63) is 70.4 Å². The molecular formula is C24H28N4O3. The number of aliphatic hydroxyl groups is 1. The quantitative estimate of drug-likeness (QED) is 0.662. The maximum atomic E-state index is 13.2. The Morgan fingerprint density at radius 1 is 1.13 bits per heavy atom. The second kappa shape index (κ2) is 8.32. The van der Waals surface area contributed by atoms with Gasteiger partial charge in [0.05, 0.1) is 12.2 Å². The van der Waals surface area contributed by atoms with Crippen molar-refractivity contribution in [2.24, 2.45) is 13.0 Å². The summed E-state index contributed by atoms with van der Waals surface area (Å²) < 4.78 is 9.34. The number of rotatable bonds is 6. The number of aromatic nitrogens is 3. The van der Waals surface area contributed by atoms with Gasteiger partial charge in [-0.25, -0.2) is 4.98 Å². The van der Waals surface area contributed by atoms with Gasteiger partial charge in [-0.2, -0.15) is 0 Å². The standard InChI is InChI=1S/C24H28N4O3/c1-26-9-8-25-23(26)21-6-7-22-19-12-18(15-28(22)24(21)30)14-27(16-19)13-17-2-4-20(5-3-17)31-11-10-29/h2-9,18-19,29H,10-16H2,1H3/t18-,19+/m0/s1. The van der Waals surface area contributed by atoms with Crippen LogP contribution in [0.15, 0.2) is 53.6 Å². The first-order valence-corrected chi connectivity index (χ1v) is 10.9. The van der Waals surface area contributed by atoms with Crippen LogP contribution in [0.25, 0.3) is 11.4 Å². The molecule has 0 aliphatic carbocycles. The van der Waals surface area contributed by atoms with Gasteiger partial charge < -0.3 is 19.0 Å². The lowest BCUT2D eigenvalue weighted by Crippen LogP contribution is -2.47. The molecule has 1 saturated heterocycles. The number of fused-ring (bicyclic) bond motifs is 4. The summed E-state index contributed by atoms with van der Waals surface area (Å²) in [5.41, 5.74) is 3.15. The summed E-state index contributed by atoms with van der Waals surface area (Å²) in [5.74, 6) is 2.37. The van der Waals surface area contributed by atoms with Crippen molar-refractivity contribution in [1.29, 1.82) is 0 Å². The largest absolute Gasteiger partial charge is 0.491 e. The highest BCUT2D eigenvalue weighted by Gasteiger charge is 2.35. The summed E-state index contributed by atoms with van der Waals surface area (Å²) in [6.45, 7) is 3.95. The molecule has 4 heterocycles. The second-order valence-electron chi connectivity index (χ2n) is 8.66. The summed E-state index contributed by atoms with van der Waals surface area (Å²) >= 11 is 0. The molecule has 1 aromatic carbocycles. The summed E-state index contributed by atoms with van der Waals surface area (Å²) in [6, 6.07) is 12.2. The number of hydrogen-bond acceptors (Lipinski definition) is 5. The molecule has 2 atom stereocenters. The van der Waals surface area contributed by atoms with Gasteiger partial charge in [0.25, 0.3) is 5.56 Å². The van der Waals surface area contributed by atoms with E-state index in [0.29, 0.717) is 24.0 Å². The molecule has 31 heavy (non-hydrogen) atoms. The smallest absolute Gasteiger partial charge is 0.261 e. The molecular weight excluding hydrogens is 392 g/mol. The third-order valence-electron chi connectivity index (χ3n) is 6.43. The Morgan fingerprint density at radius 3 is 2.71 bits per heavy atom.